The number of hydrogen-bond donors (Lipinski definition) is 1. The number of benzene rings is 3. The maximum absolute atomic E-state index is 14.3. The van der Waals surface area contributed by atoms with E-state index in [0.717, 1.165) is 18.8 Å². The molecule has 1 fully saturated rings. The second-order valence-electron chi connectivity index (χ2n) is 11.4. The van der Waals surface area contributed by atoms with Crippen LogP contribution in [0, 0.1) is 0 Å². The second-order valence-corrected chi connectivity index (χ2v) is 11.4. The van der Waals surface area contributed by atoms with E-state index >= 15 is 0 Å². The Labute approximate surface area is 245 Å². The number of fused-ring (bicyclic) bond motifs is 1. The first-order valence-corrected chi connectivity index (χ1v) is 14.1. The molecular weight excluding hydrogens is 532 g/mol. The number of aromatic nitrogens is 3. The van der Waals surface area contributed by atoms with Gasteiger partial charge in [0.2, 0.25) is 11.8 Å². The minimum absolute atomic E-state index is 0.142. The van der Waals surface area contributed by atoms with Crippen molar-refractivity contribution in [2.24, 2.45) is 0 Å². The van der Waals surface area contributed by atoms with Crippen molar-refractivity contribution < 1.29 is 19.1 Å². The molecule has 218 valence electrons. The van der Waals surface area contributed by atoms with Crippen LogP contribution >= 0.6 is 0 Å². The summed E-state index contributed by atoms with van der Waals surface area (Å²) >= 11 is 0. The summed E-state index contributed by atoms with van der Waals surface area (Å²) in [5.74, 6) is -0.860. The average Bonchev–Trinajstić information content (AvgIpc) is 3.38. The lowest BCUT2D eigenvalue weighted by Crippen LogP contribution is -2.50. The third-order valence-corrected chi connectivity index (χ3v) is 7.09. The fraction of sp³-hybridized carbons (Fsp3) is 0.344. The number of para-hydroxylation sites is 1. The maximum atomic E-state index is 14.3. The van der Waals surface area contributed by atoms with Crippen LogP contribution in [0.1, 0.15) is 49.7 Å². The van der Waals surface area contributed by atoms with E-state index in [4.69, 9.17) is 4.74 Å². The van der Waals surface area contributed by atoms with Crippen LogP contribution < -0.4 is 15.1 Å². The van der Waals surface area contributed by atoms with Gasteiger partial charge in [-0.2, -0.15) is 0 Å². The summed E-state index contributed by atoms with van der Waals surface area (Å²) in [6, 6.07) is 20.9. The van der Waals surface area contributed by atoms with Gasteiger partial charge in [-0.3, -0.25) is 19.3 Å². The number of nitrogens with zero attached hydrogens (tertiary/aromatic N) is 5. The predicted octanol–water partition coefficient (Wildman–Crippen LogP) is 4.16. The Hall–Kier alpha value is -4.57. The normalized spacial score (nSPS) is 14.4. The number of hydrogen-bond acceptors (Lipinski definition) is 7. The number of rotatable bonds is 8. The molecule has 1 aromatic heterocycles. The molecule has 3 aromatic carbocycles. The molecule has 5 rings (SSSR count). The van der Waals surface area contributed by atoms with Gasteiger partial charge in [0.1, 0.15) is 18.1 Å². The largest absolute Gasteiger partial charge is 0.378 e. The lowest BCUT2D eigenvalue weighted by Gasteiger charge is -2.34. The Morgan fingerprint density at radius 3 is 2.38 bits per heavy atom. The Bertz CT molecular complexity index is 1580. The van der Waals surface area contributed by atoms with Crippen molar-refractivity contribution in [3.05, 3.63) is 83.9 Å². The van der Waals surface area contributed by atoms with Crippen LogP contribution in [0.2, 0.25) is 0 Å². The van der Waals surface area contributed by atoms with Gasteiger partial charge in [0.15, 0.2) is 5.78 Å². The zero-order chi connectivity index (χ0) is 29.9. The van der Waals surface area contributed by atoms with Crippen LogP contribution in [-0.2, 0) is 20.9 Å². The van der Waals surface area contributed by atoms with Crippen LogP contribution in [0.5, 0.6) is 0 Å². The molecule has 10 heteroatoms. The monoisotopic (exact) mass is 568 g/mol. The molecule has 10 nitrogen and oxygen atoms in total. The highest BCUT2D eigenvalue weighted by Gasteiger charge is 2.35. The highest BCUT2D eigenvalue weighted by atomic mass is 16.5. The van der Waals surface area contributed by atoms with Gasteiger partial charge < -0.3 is 15.0 Å². The van der Waals surface area contributed by atoms with E-state index in [1.165, 1.54) is 16.5 Å². The van der Waals surface area contributed by atoms with Crippen molar-refractivity contribution in [2.45, 2.75) is 45.8 Å². The summed E-state index contributed by atoms with van der Waals surface area (Å²) in [6.07, 6.45) is 0. The fourth-order valence-corrected chi connectivity index (χ4v) is 5.09. The van der Waals surface area contributed by atoms with Gasteiger partial charge in [-0.05, 0) is 69.7 Å². The number of carbonyl (C=O) groups is 3. The van der Waals surface area contributed by atoms with Crippen LogP contribution in [0.4, 0.5) is 11.4 Å². The summed E-state index contributed by atoms with van der Waals surface area (Å²) in [5, 5.41) is 11.5. The summed E-state index contributed by atoms with van der Waals surface area (Å²) in [6.45, 7) is 9.88. The lowest BCUT2D eigenvalue weighted by molar-refractivity contribution is -0.128. The van der Waals surface area contributed by atoms with Gasteiger partial charge in [0, 0.05) is 35.6 Å². The van der Waals surface area contributed by atoms with Gasteiger partial charge in [-0.15, -0.1) is 5.10 Å². The molecule has 2 heterocycles. The molecule has 4 aromatic rings. The van der Waals surface area contributed by atoms with E-state index in [0.29, 0.717) is 41.1 Å². The molecule has 1 N–H and O–H groups in total. The molecule has 0 bridgehead atoms. The van der Waals surface area contributed by atoms with Crippen LogP contribution in [-0.4, -0.2) is 64.4 Å². The highest BCUT2D eigenvalue weighted by molar-refractivity contribution is 6.03. The molecule has 0 saturated carbocycles. The SMILES string of the molecule is CC(=O)c1cccc(N(C(=O)Cn2nnc3ccccc32)[C@@H](C(=O)NC(C)(C)C)c2ccc(N3CCOCC3)cc2)c1. The Balaban J connectivity index is 1.60. The van der Waals surface area contributed by atoms with Gasteiger partial charge in [0.05, 0.1) is 18.7 Å². The van der Waals surface area contributed by atoms with Crippen molar-refractivity contribution in [1.29, 1.82) is 0 Å². The van der Waals surface area contributed by atoms with Crippen LogP contribution in [0.15, 0.2) is 72.8 Å². The topological polar surface area (TPSA) is 110 Å². The number of morpholine rings is 1. The van der Waals surface area contributed by atoms with E-state index in [9.17, 15) is 14.4 Å². The number of carbonyl (C=O) groups excluding carboxylic acids is 3. The summed E-state index contributed by atoms with van der Waals surface area (Å²) in [5.41, 5.74) is 3.34. The van der Waals surface area contributed by atoms with Crippen molar-refractivity contribution in [3.8, 4) is 0 Å². The highest BCUT2D eigenvalue weighted by Crippen LogP contribution is 2.31. The van der Waals surface area contributed by atoms with E-state index in [1.54, 1.807) is 24.3 Å². The van der Waals surface area contributed by atoms with Crippen molar-refractivity contribution in [3.63, 3.8) is 0 Å². The van der Waals surface area contributed by atoms with Crippen LogP contribution in [0.25, 0.3) is 11.0 Å². The van der Waals surface area contributed by atoms with E-state index < -0.39 is 11.6 Å². The molecule has 0 aliphatic carbocycles. The van der Waals surface area contributed by atoms with Gasteiger partial charge in [-0.1, -0.05) is 41.6 Å². The number of amides is 2. The van der Waals surface area contributed by atoms with Gasteiger partial charge in [-0.25, -0.2) is 4.68 Å². The molecule has 42 heavy (non-hydrogen) atoms. The van der Waals surface area contributed by atoms with Crippen molar-refractivity contribution in [1.82, 2.24) is 20.3 Å². The maximum Gasteiger partial charge on any atom is 0.249 e. The Kier molecular flexibility index (Phi) is 8.35. The minimum atomic E-state index is -1.02. The lowest BCUT2D eigenvalue weighted by atomic mass is 9.99. The molecule has 0 unspecified atom stereocenters. The molecule has 2 amide bonds. The third kappa shape index (κ3) is 6.49. The first-order chi connectivity index (χ1) is 20.1. The molecule has 1 aliphatic rings. The first kappa shape index (κ1) is 28.9. The number of anilines is 2. The standard InChI is InChI=1S/C32H36N6O4/c1-22(39)24-8-7-9-26(20-24)38(29(40)21-37-28-11-6-5-10-27(28)34-35-37)30(31(41)33-32(2,3)4)23-12-14-25(15-13-23)36-16-18-42-19-17-36/h5-15,20,30H,16-19,21H2,1-4H3,(H,33,41)/t30-/m1/s1. The second kappa shape index (κ2) is 12.1. The molecule has 1 saturated heterocycles. The predicted molar refractivity (Wildman–Crippen MR) is 162 cm³/mol. The third-order valence-electron chi connectivity index (χ3n) is 7.09. The Morgan fingerprint density at radius 1 is 0.976 bits per heavy atom. The molecule has 0 radical (unpaired) electrons. The molecular formula is C32H36N6O4. The smallest absolute Gasteiger partial charge is 0.249 e. The number of ether oxygens (including phenoxy) is 1. The van der Waals surface area contributed by atoms with Gasteiger partial charge >= 0.3 is 0 Å². The summed E-state index contributed by atoms with van der Waals surface area (Å²) in [7, 11) is 0. The number of nitrogens with one attached hydrogen (secondary N) is 1. The first-order valence-electron chi connectivity index (χ1n) is 14.1. The van der Waals surface area contributed by atoms with Crippen molar-refractivity contribution in [2.75, 3.05) is 36.1 Å². The van der Waals surface area contributed by atoms with E-state index in [2.05, 4.69) is 20.5 Å². The van der Waals surface area contributed by atoms with Crippen molar-refractivity contribution >= 4 is 40.0 Å². The average molecular weight is 569 g/mol. The minimum Gasteiger partial charge on any atom is -0.378 e. The quantitative estimate of drug-likeness (QED) is 0.318. The zero-order valence-electron chi connectivity index (χ0n) is 24.4. The van der Waals surface area contributed by atoms with Crippen LogP contribution in [0.3, 0.4) is 0 Å². The molecule has 0 spiro atoms. The summed E-state index contributed by atoms with van der Waals surface area (Å²) < 4.78 is 7.02. The van der Waals surface area contributed by atoms with Gasteiger partial charge in [0.25, 0.3) is 0 Å². The number of Topliss-reactive ketones (excluding diaryl/α,β-unsaturated/α-hetero) is 1. The van der Waals surface area contributed by atoms with E-state index in [1.807, 2.05) is 69.3 Å². The Morgan fingerprint density at radius 2 is 1.69 bits per heavy atom. The zero-order valence-corrected chi connectivity index (χ0v) is 24.4. The molecule has 1 atom stereocenters. The summed E-state index contributed by atoms with van der Waals surface area (Å²) in [4.78, 5) is 44.4. The van der Waals surface area contributed by atoms with E-state index in [-0.39, 0.29) is 24.1 Å². The fourth-order valence-electron chi connectivity index (χ4n) is 5.09. The number of ketones is 1. The molecule has 1 aliphatic heterocycles.